The lowest BCUT2D eigenvalue weighted by Gasteiger charge is -2.18. The highest BCUT2D eigenvalue weighted by molar-refractivity contribution is 5.73. The van der Waals surface area contributed by atoms with Gasteiger partial charge in [0.2, 0.25) is 0 Å². The molecule has 2 N–H and O–H groups in total. The van der Waals surface area contributed by atoms with Crippen LogP contribution in [-0.2, 0) is 0 Å². The fourth-order valence-electron chi connectivity index (χ4n) is 2.65. The van der Waals surface area contributed by atoms with E-state index >= 15 is 0 Å². The van der Waals surface area contributed by atoms with Gasteiger partial charge in [-0.3, -0.25) is 0 Å². The van der Waals surface area contributed by atoms with Gasteiger partial charge in [-0.1, -0.05) is 49.5 Å². The van der Waals surface area contributed by atoms with Crippen LogP contribution in [-0.4, -0.2) is 6.54 Å². The van der Waals surface area contributed by atoms with Crippen molar-refractivity contribution >= 4 is 5.57 Å². The molecule has 1 aromatic carbocycles. The van der Waals surface area contributed by atoms with E-state index in [-0.39, 0.29) is 0 Å². The molecule has 20 heavy (non-hydrogen) atoms. The maximum absolute atomic E-state index is 5.85. The summed E-state index contributed by atoms with van der Waals surface area (Å²) in [7, 11) is 0. The first kappa shape index (κ1) is 14.9. The summed E-state index contributed by atoms with van der Waals surface area (Å²) in [5.41, 5.74) is 10.9. The highest BCUT2D eigenvalue weighted by atomic mass is 14.5. The predicted molar refractivity (Wildman–Crippen MR) is 87.1 cm³/mol. The van der Waals surface area contributed by atoms with Crippen molar-refractivity contribution in [3.63, 3.8) is 0 Å². The number of benzene rings is 1. The molecule has 1 atom stereocenters. The van der Waals surface area contributed by atoms with Crippen LogP contribution in [0.1, 0.15) is 50.7 Å². The van der Waals surface area contributed by atoms with Crippen molar-refractivity contribution in [3.8, 4) is 12.3 Å². The van der Waals surface area contributed by atoms with Crippen LogP contribution in [0.3, 0.4) is 0 Å². The maximum Gasteiger partial charge on any atom is 0.0317 e. The summed E-state index contributed by atoms with van der Waals surface area (Å²) in [6, 6.07) is 8.28. The van der Waals surface area contributed by atoms with Gasteiger partial charge in [-0.15, -0.1) is 6.42 Å². The number of hydrogen-bond acceptors (Lipinski definition) is 1. The summed E-state index contributed by atoms with van der Waals surface area (Å²) in [5, 5.41) is 0. The molecule has 1 aliphatic rings. The fourth-order valence-corrected chi connectivity index (χ4v) is 2.65. The lowest BCUT2D eigenvalue weighted by atomic mass is 9.87. The van der Waals surface area contributed by atoms with Gasteiger partial charge in [-0.2, -0.15) is 0 Å². The van der Waals surface area contributed by atoms with E-state index in [2.05, 4.69) is 31.9 Å². The number of allylic oxidation sites excluding steroid dienone is 1. The Hall–Kier alpha value is -1.52. The van der Waals surface area contributed by atoms with Gasteiger partial charge in [0.05, 0.1) is 0 Å². The van der Waals surface area contributed by atoms with Crippen molar-refractivity contribution in [2.75, 3.05) is 6.54 Å². The van der Waals surface area contributed by atoms with Crippen LogP contribution in [0, 0.1) is 24.2 Å². The minimum atomic E-state index is 0.412. The molecule has 1 aliphatic carbocycles. The molecule has 1 fully saturated rings. The molecule has 1 heteroatoms. The highest BCUT2D eigenvalue weighted by Gasteiger charge is 2.22. The Morgan fingerprint density at radius 2 is 2.10 bits per heavy atom. The van der Waals surface area contributed by atoms with E-state index in [1.165, 1.54) is 36.0 Å². The zero-order chi connectivity index (χ0) is 14.5. The van der Waals surface area contributed by atoms with Gasteiger partial charge < -0.3 is 5.73 Å². The molecule has 1 aromatic rings. The SMILES string of the molecule is C#Cc1ccccc1/C(CCC1CC1)=C(\C)C(C)CN. The van der Waals surface area contributed by atoms with E-state index in [4.69, 9.17) is 12.2 Å². The molecule has 0 aliphatic heterocycles. The van der Waals surface area contributed by atoms with Gasteiger partial charge in [-0.25, -0.2) is 0 Å². The van der Waals surface area contributed by atoms with Gasteiger partial charge in [0.15, 0.2) is 0 Å². The van der Waals surface area contributed by atoms with Crippen molar-refractivity contribution in [2.24, 2.45) is 17.6 Å². The number of nitrogens with two attached hydrogens (primary N) is 1. The van der Waals surface area contributed by atoms with Crippen molar-refractivity contribution < 1.29 is 0 Å². The van der Waals surface area contributed by atoms with E-state index in [0.29, 0.717) is 12.5 Å². The monoisotopic (exact) mass is 267 g/mol. The molecular formula is C19H25N. The quantitative estimate of drug-likeness (QED) is 0.767. The van der Waals surface area contributed by atoms with Crippen LogP contribution in [0.25, 0.3) is 5.57 Å². The van der Waals surface area contributed by atoms with E-state index in [1.807, 2.05) is 12.1 Å². The average Bonchev–Trinajstić information content (AvgIpc) is 3.31. The molecule has 2 rings (SSSR count). The van der Waals surface area contributed by atoms with Gasteiger partial charge in [-0.05, 0) is 55.3 Å². The smallest absolute Gasteiger partial charge is 0.0317 e. The Kier molecular flexibility index (Phi) is 5.04. The molecule has 0 saturated heterocycles. The predicted octanol–water partition coefficient (Wildman–Crippen LogP) is 4.23. The van der Waals surface area contributed by atoms with Crippen LogP contribution in [0.5, 0.6) is 0 Å². The molecule has 0 amide bonds. The van der Waals surface area contributed by atoms with Crippen molar-refractivity contribution in [1.82, 2.24) is 0 Å². The van der Waals surface area contributed by atoms with Crippen LogP contribution < -0.4 is 5.73 Å². The number of rotatable bonds is 6. The molecule has 1 unspecified atom stereocenters. The van der Waals surface area contributed by atoms with Gasteiger partial charge in [0.1, 0.15) is 0 Å². The van der Waals surface area contributed by atoms with Crippen LogP contribution >= 0.6 is 0 Å². The van der Waals surface area contributed by atoms with Crippen molar-refractivity contribution in [1.29, 1.82) is 0 Å². The molecule has 0 radical (unpaired) electrons. The summed E-state index contributed by atoms with van der Waals surface area (Å²) in [6.07, 6.45) is 10.9. The Balaban J connectivity index is 2.36. The molecule has 0 heterocycles. The standard InChI is InChI=1S/C19H25N/c1-4-17-7-5-6-8-19(17)18(12-11-16-9-10-16)15(3)14(2)13-20/h1,5-8,14,16H,9-13,20H2,2-3H3/b18-15+. The zero-order valence-corrected chi connectivity index (χ0v) is 12.7. The average molecular weight is 267 g/mol. The first-order valence-electron chi connectivity index (χ1n) is 7.63. The summed E-state index contributed by atoms with van der Waals surface area (Å²) in [6.45, 7) is 5.11. The topological polar surface area (TPSA) is 26.0 Å². The summed E-state index contributed by atoms with van der Waals surface area (Å²) in [5.74, 6) is 4.17. The molecular weight excluding hydrogens is 242 g/mol. The highest BCUT2D eigenvalue weighted by Crippen LogP contribution is 2.38. The lowest BCUT2D eigenvalue weighted by molar-refractivity contribution is 0.684. The summed E-state index contributed by atoms with van der Waals surface area (Å²) < 4.78 is 0. The first-order valence-corrected chi connectivity index (χ1v) is 7.63. The van der Waals surface area contributed by atoms with Crippen molar-refractivity contribution in [2.45, 2.75) is 39.5 Å². The first-order chi connectivity index (χ1) is 9.67. The zero-order valence-electron chi connectivity index (χ0n) is 12.7. The molecule has 106 valence electrons. The largest absolute Gasteiger partial charge is 0.330 e. The maximum atomic E-state index is 5.85. The fraction of sp³-hybridized carbons (Fsp3) is 0.474. The van der Waals surface area contributed by atoms with Crippen LogP contribution in [0.2, 0.25) is 0 Å². The molecule has 0 bridgehead atoms. The van der Waals surface area contributed by atoms with Gasteiger partial charge in [0.25, 0.3) is 0 Å². The number of hydrogen-bond donors (Lipinski definition) is 1. The van der Waals surface area contributed by atoms with E-state index in [9.17, 15) is 0 Å². The minimum Gasteiger partial charge on any atom is -0.330 e. The number of terminal acetylenes is 1. The lowest BCUT2D eigenvalue weighted by Crippen LogP contribution is -2.13. The van der Waals surface area contributed by atoms with Crippen LogP contribution in [0.4, 0.5) is 0 Å². The van der Waals surface area contributed by atoms with E-state index in [1.54, 1.807) is 0 Å². The summed E-state index contributed by atoms with van der Waals surface area (Å²) in [4.78, 5) is 0. The Morgan fingerprint density at radius 3 is 2.70 bits per heavy atom. The Bertz CT molecular complexity index is 529. The third-order valence-electron chi connectivity index (χ3n) is 4.48. The second-order valence-corrected chi connectivity index (χ2v) is 5.97. The molecule has 1 saturated carbocycles. The second kappa shape index (κ2) is 6.77. The van der Waals surface area contributed by atoms with Crippen LogP contribution in [0.15, 0.2) is 29.8 Å². The molecule has 1 nitrogen and oxygen atoms in total. The van der Waals surface area contributed by atoms with Crippen molar-refractivity contribution in [3.05, 3.63) is 41.0 Å². The van der Waals surface area contributed by atoms with E-state index in [0.717, 1.165) is 17.9 Å². The Labute approximate surface area is 123 Å². The van der Waals surface area contributed by atoms with Gasteiger partial charge >= 0.3 is 0 Å². The summed E-state index contributed by atoms with van der Waals surface area (Å²) >= 11 is 0. The Morgan fingerprint density at radius 1 is 1.40 bits per heavy atom. The van der Waals surface area contributed by atoms with E-state index < -0.39 is 0 Å². The van der Waals surface area contributed by atoms with Gasteiger partial charge in [0, 0.05) is 5.56 Å². The minimum absolute atomic E-state index is 0.412. The second-order valence-electron chi connectivity index (χ2n) is 5.97. The third-order valence-corrected chi connectivity index (χ3v) is 4.48. The molecule has 0 aromatic heterocycles. The normalized spacial score (nSPS) is 17.3. The third kappa shape index (κ3) is 3.52. The molecule has 0 spiro atoms.